The maximum Gasteiger partial charge on any atom is 0.334 e. The predicted molar refractivity (Wildman–Crippen MR) is 214 cm³/mol. The van der Waals surface area contributed by atoms with Gasteiger partial charge in [-0.3, -0.25) is 14.4 Å². The van der Waals surface area contributed by atoms with E-state index in [9.17, 15) is 32.7 Å². The fraction of sp³-hybridized carbons (Fsp3) is 0.366. The average molecular weight is 797 g/mol. The van der Waals surface area contributed by atoms with Gasteiger partial charge in [-0.05, 0) is 35.7 Å². The predicted octanol–water partition coefficient (Wildman–Crippen LogP) is 2.73. The number of carbonyl (C=O) groups excluding carboxylic acids is 4. The van der Waals surface area contributed by atoms with Gasteiger partial charge in [0.05, 0.1) is 29.9 Å². The Balaban J connectivity index is 1.21. The third-order valence-corrected chi connectivity index (χ3v) is 12.9. The van der Waals surface area contributed by atoms with Crippen LogP contribution in [0.15, 0.2) is 91.6 Å². The third-order valence-electron chi connectivity index (χ3n) is 11.0. The van der Waals surface area contributed by atoms with E-state index in [1.807, 2.05) is 60.1 Å². The van der Waals surface area contributed by atoms with E-state index in [-0.39, 0.29) is 94.5 Å². The van der Waals surface area contributed by atoms with E-state index in [1.54, 1.807) is 46.1 Å². The van der Waals surface area contributed by atoms with Gasteiger partial charge in [0.25, 0.3) is 5.91 Å². The normalized spacial score (nSPS) is 19.5. The second-order valence-corrected chi connectivity index (χ2v) is 16.8. The lowest BCUT2D eigenvalue weighted by molar-refractivity contribution is -0.189. The van der Waals surface area contributed by atoms with Gasteiger partial charge in [0.15, 0.2) is 0 Å². The number of nitrogens with zero attached hydrogens (tertiary/aromatic N) is 7. The second-order valence-electron chi connectivity index (χ2n) is 14.6. The summed E-state index contributed by atoms with van der Waals surface area (Å²) >= 11 is 0. The van der Waals surface area contributed by atoms with E-state index in [0.29, 0.717) is 10.9 Å². The first-order valence-corrected chi connectivity index (χ1v) is 20.7. The zero-order valence-corrected chi connectivity index (χ0v) is 33.0. The number of phenolic OH excluding ortho intramolecular Hbond substituents is 1. The van der Waals surface area contributed by atoms with E-state index < -0.39 is 28.3 Å². The Bertz CT molecular complexity index is 2270. The van der Waals surface area contributed by atoms with Gasteiger partial charge >= 0.3 is 6.03 Å². The fourth-order valence-electron chi connectivity index (χ4n) is 8.13. The van der Waals surface area contributed by atoms with E-state index in [2.05, 4.69) is 11.9 Å². The first-order chi connectivity index (χ1) is 27.4. The summed E-state index contributed by atoms with van der Waals surface area (Å²) < 4.78 is 28.2. The number of para-hydroxylation sites is 1. The molecule has 16 heteroatoms. The maximum absolute atomic E-state index is 14.7. The highest BCUT2D eigenvalue weighted by Crippen LogP contribution is 2.32. The van der Waals surface area contributed by atoms with Crippen molar-refractivity contribution in [2.45, 2.75) is 38.6 Å². The van der Waals surface area contributed by atoms with Gasteiger partial charge in [0.1, 0.15) is 18.0 Å². The van der Waals surface area contributed by atoms with Gasteiger partial charge < -0.3 is 29.7 Å². The van der Waals surface area contributed by atoms with Gasteiger partial charge in [-0.15, -0.1) is 6.58 Å². The number of amides is 5. The van der Waals surface area contributed by atoms with Crippen molar-refractivity contribution < 1.29 is 32.7 Å². The van der Waals surface area contributed by atoms with E-state index in [4.69, 9.17) is 0 Å². The van der Waals surface area contributed by atoms with Gasteiger partial charge in [0.2, 0.25) is 21.8 Å². The number of hydrogen-bond acceptors (Lipinski definition) is 8. The zero-order valence-electron chi connectivity index (χ0n) is 32.2. The number of aromatic hydroxyl groups is 1. The molecule has 3 saturated heterocycles. The number of aromatic nitrogens is 1. The molecule has 4 aromatic rings. The molecule has 15 nitrogen and oxygen atoms in total. The molecule has 5 amide bonds. The minimum atomic E-state index is -3.36. The first-order valence-electron chi connectivity index (χ1n) is 19.1. The number of phenols is 1. The van der Waals surface area contributed by atoms with Crippen molar-refractivity contribution in [2.75, 3.05) is 51.6 Å². The standard InChI is InChI=1S/C41H48N8O7S/c1-4-18-46-28-37(51)48-35(23-29-14-16-32(50)17-15-29)40(53)45(27-36(48)49(46)41(54)42-24-30-10-7-6-8-11-30)25-31-12-9-13-33-34(26-43(3)38(31)33)39(52)44-19-21-47(22-20-44)57(55,56)5-2/h4,6-17,26,35-36,50H,1,5,18-25,27-28H2,2-3H3,(H,42,54)/t35-,36-/m0/s1. The van der Waals surface area contributed by atoms with Crippen LogP contribution in [-0.2, 0) is 46.2 Å². The Morgan fingerprint density at radius 1 is 0.947 bits per heavy atom. The molecule has 0 saturated carbocycles. The molecule has 0 unspecified atom stereocenters. The summed E-state index contributed by atoms with van der Waals surface area (Å²) in [7, 11) is -1.52. The minimum absolute atomic E-state index is 0.00573. The van der Waals surface area contributed by atoms with Crippen molar-refractivity contribution in [3.63, 3.8) is 0 Å². The summed E-state index contributed by atoms with van der Waals surface area (Å²) in [6.07, 6.45) is 2.69. The number of piperazine rings is 2. The molecule has 3 aliphatic heterocycles. The average Bonchev–Trinajstić information content (AvgIpc) is 3.56. The van der Waals surface area contributed by atoms with Crippen molar-refractivity contribution >= 4 is 44.7 Å². The van der Waals surface area contributed by atoms with Crippen molar-refractivity contribution in [1.82, 2.24) is 38.9 Å². The smallest absolute Gasteiger partial charge is 0.334 e. The van der Waals surface area contributed by atoms with Crippen molar-refractivity contribution in [3.8, 4) is 5.75 Å². The van der Waals surface area contributed by atoms with E-state index in [0.717, 1.165) is 22.2 Å². The van der Waals surface area contributed by atoms with E-state index >= 15 is 0 Å². The van der Waals surface area contributed by atoms with Crippen molar-refractivity contribution in [3.05, 3.63) is 114 Å². The van der Waals surface area contributed by atoms with Crippen LogP contribution in [0.2, 0.25) is 0 Å². The number of urea groups is 1. The minimum Gasteiger partial charge on any atom is -0.508 e. The third kappa shape index (κ3) is 7.97. The Kier molecular flexibility index (Phi) is 11.4. The molecule has 1 aromatic heterocycles. The Morgan fingerprint density at radius 3 is 2.35 bits per heavy atom. The van der Waals surface area contributed by atoms with Crippen LogP contribution in [0.3, 0.4) is 0 Å². The molecule has 0 aliphatic carbocycles. The monoisotopic (exact) mass is 796 g/mol. The molecular formula is C41H48N8O7S. The molecule has 3 fully saturated rings. The number of hydrazine groups is 1. The van der Waals surface area contributed by atoms with Gasteiger partial charge in [0, 0.05) is 70.9 Å². The van der Waals surface area contributed by atoms with Crippen molar-refractivity contribution in [1.29, 1.82) is 0 Å². The topological polar surface area (TPSA) is 159 Å². The van der Waals surface area contributed by atoms with Crippen LogP contribution in [0.25, 0.3) is 10.9 Å². The molecular weight excluding hydrogens is 749 g/mol. The highest BCUT2D eigenvalue weighted by atomic mass is 32.2. The number of hydrogen-bond donors (Lipinski definition) is 2. The highest BCUT2D eigenvalue weighted by Gasteiger charge is 2.51. The van der Waals surface area contributed by atoms with Crippen LogP contribution >= 0.6 is 0 Å². The van der Waals surface area contributed by atoms with Crippen LogP contribution in [0.4, 0.5) is 4.79 Å². The highest BCUT2D eigenvalue weighted by molar-refractivity contribution is 7.89. The van der Waals surface area contributed by atoms with Crippen LogP contribution < -0.4 is 5.32 Å². The summed E-state index contributed by atoms with van der Waals surface area (Å²) in [5.41, 5.74) is 3.62. The lowest BCUT2D eigenvalue weighted by Gasteiger charge is -2.55. The number of fused-ring (bicyclic) bond motifs is 2. The second kappa shape index (κ2) is 16.4. The van der Waals surface area contributed by atoms with Crippen LogP contribution in [0.1, 0.15) is 34.0 Å². The molecule has 2 N–H and O–H groups in total. The summed E-state index contributed by atoms with van der Waals surface area (Å²) in [5.74, 6) is -0.719. The summed E-state index contributed by atoms with van der Waals surface area (Å²) in [6.45, 7) is 6.95. The number of nitrogens with one attached hydrogen (secondary N) is 1. The molecule has 57 heavy (non-hydrogen) atoms. The lowest BCUT2D eigenvalue weighted by atomic mass is 9.98. The quantitative estimate of drug-likeness (QED) is 0.220. The van der Waals surface area contributed by atoms with Crippen molar-refractivity contribution in [2.24, 2.45) is 7.05 Å². The summed E-state index contributed by atoms with van der Waals surface area (Å²) in [5, 5.41) is 16.9. The van der Waals surface area contributed by atoms with E-state index in [1.165, 1.54) is 26.3 Å². The largest absolute Gasteiger partial charge is 0.508 e. The molecule has 7 rings (SSSR count). The summed E-state index contributed by atoms with van der Waals surface area (Å²) in [6, 6.07) is 20.2. The molecule has 0 radical (unpaired) electrons. The Hall–Kier alpha value is -5.71. The number of sulfonamides is 1. The first kappa shape index (κ1) is 39.5. The summed E-state index contributed by atoms with van der Waals surface area (Å²) in [4.78, 5) is 61.7. The molecule has 3 aliphatic rings. The molecule has 0 spiro atoms. The van der Waals surface area contributed by atoms with Crippen LogP contribution in [-0.4, -0.2) is 135 Å². The Labute approximate surface area is 332 Å². The number of carbonyl (C=O) groups is 4. The van der Waals surface area contributed by atoms with Gasteiger partial charge in [-0.2, -0.15) is 4.31 Å². The maximum atomic E-state index is 14.7. The molecule has 4 heterocycles. The Morgan fingerprint density at radius 2 is 1.67 bits per heavy atom. The molecule has 0 bridgehead atoms. The lowest BCUT2D eigenvalue weighted by Crippen LogP contribution is -2.76. The number of aryl methyl sites for hydroxylation is 1. The molecule has 300 valence electrons. The fourth-order valence-corrected chi connectivity index (χ4v) is 9.22. The van der Waals surface area contributed by atoms with Gasteiger partial charge in [-0.1, -0.05) is 66.7 Å². The van der Waals surface area contributed by atoms with Crippen LogP contribution in [0.5, 0.6) is 5.75 Å². The molecule has 3 aromatic carbocycles. The van der Waals surface area contributed by atoms with Crippen LogP contribution in [0, 0.1) is 0 Å². The molecule has 2 atom stereocenters. The number of rotatable bonds is 11. The van der Waals surface area contributed by atoms with Gasteiger partial charge in [-0.25, -0.2) is 23.2 Å². The number of benzene rings is 3. The zero-order chi connectivity index (χ0) is 40.4. The SMILES string of the molecule is C=CCN1CC(=O)N2[C@@H](Cc3ccc(O)cc3)C(=O)N(Cc3cccc4c(C(=O)N5CCN(S(=O)(=O)CC)CC5)cn(C)c34)C[C@@H]2N1C(=O)NCc1ccccc1.